The quantitative estimate of drug-likeness (QED) is 0.357. The van der Waals surface area contributed by atoms with Gasteiger partial charge in [-0.15, -0.1) is 0 Å². The lowest BCUT2D eigenvalue weighted by atomic mass is 10.1. The highest BCUT2D eigenvalue weighted by Crippen LogP contribution is 2.16. The van der Waals surface area contributed by atoms with Crippen LogP contribution in [-0.4, -0.2) is 25.3 Å². The summed E-state index contributed by atoms with van der Waals surface area (Å²) in [7, 11) is 0. The lowest BCUT2D eigenvalue weighted by molar-refractivity contribution is 0.0945. The Labute approximate surface area is 159 Å². The van der Waals surface area contributed by atoms with Gasteiger partial charge in [-0.3, -0.25) is 4.79 Å². The Kier molecular flexibility index (Phi) is 7.79. The molecule has 0 aromatic heterocycles. The van der Waals surface area contributed by atoms with Gasteiger partial charge in [-0.05, 0) is 55.3 Å². The van der Waals surface area contributed by atoms with Crippen LogP contribution in [0, 0.1) is 0 Å². The zero-order valence-electron chi connectivity index (χ0n) is 15.7. The molecule has 27 heavy (non-hydrogen) atoms. The van der Waals surface area contributed by atoms with E-state index >= 15 is 0 Å². The molecule has 0 bridgehead atoms. The Morgan fingerprint density at radius 1 is 1.00 bits per heavy atom. The topological polar surface area (TPSA) is 112 Å². The monoisotopic (exact) mass is 370 g/mol. The van der Waals surface area contributed by atoms with Gasteiger partial charge in [0.25, 0.3) is 5.91 Å². The molecule has 2 aromatic carbocycles. The number of nitrogens with one attached hydrogen (secondary N) is 1. The number of hydrazone groups is 1. The first-order valence-electron chi connectivity index (χ1n) is 8.80. The molecular formula is C20H26N4O3. The minimum absolute atomic E-state index is 0.307. The molecule has 0 fully saturated rings. The Bertz CT molecular complexity index is 806. The van der Waals surface area contributed by atoms with Crippen molar-refractivity contribution in [2.45, 2.75) is 27.1 Å². The van der Waals surface area contributed by atoms with E-state index in [0.29, 0.717) is 48.9 Å². The standard InChI is InChI=1S/C20H26N4O3/c1-3-26-12-14-5-6-17(21)9-15(14)11-23-24-20(25)19-8-7-18(22)10-16(19)13-27-4-2/h5-11H,3-4,12-13,21-22H2,1-2H3,(H,24,25)/b23-11+. The van der Waals surface area contributed by atoms with Gasteiger partial charge in [-0.25, -0.2) is 5.43 Å². The van der Waals surface area contributed by atoms with Gasteiger partial charge in [-0.2, -0.15) is 5.10 Å². The van der Waals surface area contributed by atoms with Crippen LogP contribution in [0.25, 0.3) is 0 Å². The summed E-state index contributed by atoms with van der Waals surface area (Å²) < 4.78 is 10.8. The summed E-state index contributed by atoms with van der Waals surface area (Å²) in [4.78, 5) is 12.5. The van der Waals surface area contributed by atoms with Crippen LogP contribution in [0.1, 0.15) is 40.9 Å². The number of nitrogen functional groups attached to an aromatic ring is 2. The van der Waals surface area contributed by atoms with E-state index in [4.69, 9.17) is 20.9 Å². The van der Waals surface area contributed by atoms with Crippen molar-refractivity contribution in [2.24, 2.45) is 5.10 Å². The zero-order chi connectivity index (χ0) is 19.6. The van der Waals surface area contributed by atoms with Gasteiger partial charge in [0.15, 0.2) is 0 Å². The van der Waals surface area contributed by atoms with Gasteiger partial charge in [0, 0.05) is 35.7 Å². The molecule has 0 spiro atoms. The van der Waals surface area contributed by atoms with Crippen molar-refractivity contribution in [2.75, 3.05) is 24.7 Å². The van der Waals surface area contributed by atoms with E-state index in [-0.39, 0.29) is 5.91 Å². The SMILES string of the molecule is CCOCc1ccc(N)cc1/C=N/NC(=O)c1ccc(N)cc1COCC. The molecule has 5 N–H and O–H groups in total. The van der Waals surface area contributed by atoms with Crippen molar-refractivity contribution in [3.05, 3.63) is 58.7 Å². The fourth-order valence-corrected chi connectivity index (χ4v) is 2.46. The maximum absolute atomic E-state index is 12.5. The average molecular weight is 370 g/mol. The van der Waals surface area contributed by atoms with E-state index in [1.54, 1.807) is 36.5 Å². The molecule has 0 heterocycles. The summed E-state index contributed by atoms with van der Waals surface area (Å²) in [5, 5.41) is 4.06. The summed E-state index contributed by atoms with van der Waals surface area (Å²) in [6.07, 6.45) is 1.56. The van der Waals surface area contributed by atoms with Crippen LogP contribution in [-0.2, 0) is 22.7 Å². The molecule has 0 aliphatic rings. The molecule has 7 heteroatoms. The fourth-order valence-electron chi connectivity index (χ4n) is 2.46. The first kappa shape index (κ1) is 20.4. The molecule has 144 valence electrons. The Hall–Kier alpha value is -2.90. The molecular weight excluding hydrogens is 344 g/mol. The third-order valence-electron chi connectivity index (χ3n) is 3.84. The number of hydrogen-bond acceptors (Lipinski definition) is 6. The summed E-state index contributed by atoms with van der Waals surface area (Å²) in [6.45, 7) is 5.73. The maximum Gasteiger partial charge on any atom is 0.271 e. The Balaban J connectivity index is 2.12. The first-order chi connectivity index (χ1) is 13.0. The highest BCUT2D eigenvalue weighted by Gasteiger charge is 2.11. The van der Waals surface area contributed by atoms with Crippen molar-refractivity contribution in [1.29, 1.82) is 0 Å². The lowest BCUT2D eigenvalue weighted by Gasteiger charge is -2.10. The summed E-state index contributed by atoms with van der Waals surface area (Å²) in [6, 6.07) is 10.5. The number of carbonyl (C=O) groups excluding carboxylic acids is 1. The minimum Gasteiger partial charge on any atom is -0.399 e. The van der Waals surface area contributed by atoms with Crippen LogP contribution in [0.5, 0.6) is 0 Å². The van der Waals surface area contributed by atoms with Crippen molar-refractivity contribution < 1.29 is 14.3 Å². The van der Waals surface area contributed by atoms with Gasteiger partial charge >= 0.3 is 0 Å². The Morgan fingerprint density at radius 3 is 2.33 bits per heavy atom. The van der Waals surface area contributed by atoms with Crippen LogP contribution in [0.15, 0.2) is 41.5 Å². The maximum atomic E-state index is 12.5. The van der Waals surface area contributed by atoms with Gasteiger partial charge in [0.05, 0.1) is 19.4 Å². The molecule has 0 atom stereocenters. The first-order valence-corrected chi connectivity index (χ1v) is 8.80. The van der Waals surface area contributed by atoms with E-state index in [9.17, 15) is 4.79 Å². The van der Waals surface area contributed by atoms with E-state index in [0.717, 1.165) is 11.1 Å². The summed E-state index contributed by atoms with van der Waals surface area (Å²) in [5.41, 5.74) is 18.3. The minimum atomic E-state index is -0.337. The molecule has 1 amide bonds. The van der Waals surface area contributed by atoms with Crippen molar-refractivity contribution in [3.8, 4) is 0 Å². The predicted octanol–water partition coefficient (Wildman–Crippen LogP) is 2.69. The summed E-state index contributed by atoms with van der Waals surface area (Å²) in [5.74, 6) is -0.337. The van der Waals surface area contributed by atoms with Crippen LogP contribution < -0.4 is 16.9 Å². The van der Waals surface area contributed by atoms with E-state index in [1.807, 2.05) is 19.9 Å². The number of anilines is 2. The molecule has 0 aliphatic carbocycles. The molecule has 2 rings (SSSR count). The molecule has 0 unspecified atom stereocenters. The number of ether oxygens (including phenoxy) is 2. The van der Waals surface area contributed by atoms with Crippen molar-refractivity contribution in [1.82, 2.24) is 5.43 Å². The number of nitrogens with zero attached hydrogens (tertiary/aromatic N) is 1. The molecule has 7 nitrogen and oxygen atoms in total. The van der Waals surface area contributed by atoms with E-state index in [1.165, 1.54) is 0 Å². The molecule has 0 saturated carbocycles. The number of hydrogen-bond donors (Lipinski definition) is 3. The number of carbonyl (C=O) groups is 1. The normalized spacial score (nSPS) is 11.0. The lowest BCUT2D eigenvalue weighted by Crippen LogP contribution is -2.20. The summed E-state index contributed by atoms with van der Waals surface area (Å²) >= 11 is 0. The predicted molar refractivity (Wildman–Crippen MR) is 107 cm³/mol. The highest BCUT2D eigenvalue weighted by atomic mass is 16.5. The van der Waals surface area contributed by atoms with Crippen molar-refractivity contribution in [3.63, 3.8) is 0 Å². The number of amides is 1. The second-order valence-corrected chi connectivity index (χ2v) is 5.85. The molecule has 0 aliphatic heterocycles. The largest absolute Gasteiger partial charge is 0.399 e. The third-order valence-corrected chi connectivity index (χ3v) is 3.84. The second kappa shape index (κ2) is 10.3. The average Bonchev–Trinajstić information content (AvgIpc) is 2.65. The molecule has 2 aromatic rings. The van der Waals surface area contributed by atoms with Gasteiger partial charge in [-0.1, -0.05) is 6.07 Å². The van der Waals surface area contributed by atoms with Crippen LogP contribution in [0.2, 0.25) is 0 Å². The van der Waals surface area contributed by atoms with Crippen LogP contribution in [0.3, 0.4) is 0 Å². The Morgan fingerprint density at radius 2 is 1.63 bits per heavy atom. The number of nitrogens with two attached hydrogens (primary N) is 2. The third kappa shape index (κ3) is 6.09. The van der Waals surface area contributed by atoms with E-state index < -0.39 is 0 Å². The second-order valence-electron chi connectivity index (χ2n) is 5.85. The van der Waals surface area contributed by atoms with Crippen LogP contribution in [0.4, 0.5) is 11.4 Å². The van der Waals surface area contributed by atoms with Gasteiger partial charge < -0.3 is 20.9 Å². The number of benzene rings is 2. The van der Waals surface area contributed by atoms with Gasteiger partial charge in [0.1, 0.15) is 0 Å². The fraction of sp³-hybridized carbons (Fsp3) is 0.300. The van der Waals surface area contributed by atoms with E-state index in [2.05, 4.69) is 10.5 Å². The van der Waals surface area contributed by atoms with Crippen molar-refractivity contribution >= 4 is 23.5 Å². The van der Waals surface area contributed by atoms with Crippen LogP contribution >= 0.6 is 0 Å². The molecule has 0 radical (unpaired) electrons. The highest BCUT2D eigenvalue weighted by molar-refractivity contribution is 5.96. The van der Waals surface area contributed by atoms with Gasteiger partial charge in [0.2, 0.25) is 0 Å². The number of rotatable bonds is 9. The smallest absolute Gasteiger partial charge is 0.271 e. The molecule has 0 saturated heterocycles. The zero-order valence-corrected chi connectivity index (χ0v) is 15.7.